The SMILES string of the molecule is CCn1c(S[C@@H](C)C(=O)NC(N)=O)nc2ccsc2c1=O. The molecule has 0 aliphatic carbocycles. The maximum Gasteiger partial charge on any atom is 0.318 e. The Balaban J connectivity index is 2.35. The molecular formula is C12H14N4O3S2. The summed E-state index contributed by atoms with van der Waals surface area (Å²) < 4.78 is 2.10. The molecule has 2 heterocycles. The zero-order chi connectivity index (χ0) is 15.6. The Labute approximate surface area is 128 Å². The lowest BCUT2D eigenvalue weighted by Gasteiger charge is -2.13. The first-order valence-electron chi connectivity index (χ1n) is 6.19. The third kappa shape index (κ3) is 3.24. The number of primary amides is 1. The average Bonchev–Trinajstić information content (AvgIpc) is 2.86. The molecule has 0 aromatic carbocycles. The van der Waals surface area contributed by atoms with E-state index in [2.05, 4.69) is 4.98 Å². The maximum absolute atomic E-state index is 12.3. The van der Waals surface area contributed by atoms with E-state index in [1.54, 1.807) is 18.4 Å². The van der Waals surface area contributed by atoms with Gasteiger partial charge < -0.3 is 5.73 Å². The summed E-state index contributed by atoms with van der Waals surface area (Å²) in [6, 6.07) is 0.862. The highest BCUT2D eigenvalue weighted by Gasteiger charge is 2.20. The first-order chi connectivity index (χ1) is 9.93. The predicted octanol–water partition coefficient (Wildman–Crippen LogP) is 1.15. The fraction of sp³-hybridized carbons (Fsp3) is 0.333. The lowest BCUT2D eigenvalue weighted by molar-refractivity contribution is -0.119. The van der Waals surface area contributed by atoms with E-state index < -0.39 is 17.2 Å². The topological polar surface area (TPSA) is 107 Å². The van der Waals surface area contributed by atoms with Crippen molar-refractivity contribution in [1.29, 1.82) is 0 Å². The van der Waals surface area contributed by atoms with Gasteiger partial charge in [0, 0.05) is 6.54 Å². The summed E-state index contributed by atoms with van der Waals surface area (Å²) in [5, 5.41) is 3.66. The Morgan fingerprint density at radius 2 is 2.29 bits per heavy atom. The van der Waals surface area contributed by atoms with Crippen LogP contribution in [0.15, 0.2) is 21.4 Å². The molecular weight excluding hydrogens is 312 g/mol. The van der Waals surface area contributed by atoms with Gasteiger partial charge in [0.25, 0.3) is 5.56 Å². The number of hydrogen-bond donors (Lipinski definition) is 2. The quantitative estimate of drug-likeness (QED) is 0.647. The highest BCUT2D eigenvalue weighted by atomic mass is 32.2. The number of fused-ring (bicyclic) bond motifs is 1. The second-order valence-corrected chi connectivity index (χ2v) is 6.42. The first-order valence-corrected chi connectivity index (χ1v) is 7.95. The van der Waals surface area contributed by atoms with Crippen molar-refractivity contribution in [2.24, 2.45) is 5.73 Å². The van der Waals surface area contributed by atoms with Gasteiger partial charge in [0.1, 0.15) is 4.70 Å². The molecule has 0 unspecified atom stereocenters. The summed E-state index contributed by atoms with van der Waals surface area (Å²) in [6.07, 6.45) is 0. The molecule has 0 saturated carbocycles. The summed E-state index contributed by atoms with van der Waals surface area (Å²) in [6.45, 7) is 3.90. The van der Waals surface area contributed by atoms with E-state index in [1.165, 1.54) is 15.9 Å². The Bertz CT molecular complexity index is 753. The van der Waals surface area contributed by atoms with E-state index in [4.69, 9.17) is 5.73 Å². The summed E-state index contributed by atoms with van der Waals surface area (Å²) in [5.41, 5.74) is 5.40. The van der Waals surface area contributed by atoms with Gasteiger partial charge in [0.05, 0.1) is 10.8 Å². The van der Waals surface area contributed by atoms with Gasteiger partial charge >= 0.3 is 6.03 Å². The van der Waals surface area contributed by atoms with Crippen LogP contribution >= 0.6 is 23.1 Å². The number of thioether (sulfide) groups is 1. The number of carbonyl (C=O) groups is 2. The molecule has 0 spiro atoms. The van der Waals surface area contributed by atoms with Crippen LogP contribution in [0, 0.1) is 0 Å². The number of rotatable bonds is 4. The van der Waals surface area contributed by atoms with E-state index in [0.717, 1.165) is 11.8 Å². The molecule has 0 fully saturated rings. The van der Waals surface area contributed by atoms with Crippen molar-refractivity contribution in [2.75, 3.05) is 0 Å². The third-order valence-corrected chi connectivity index (χ3v) is 4.73. The zero-order valence-corrected chi connectivity index (χ0v) is 13.1. The standard InChI is InChI=1S/C12H14N4O3S2/c1-3-16-10(18)8-7(4-5-20-8)14-12(16)21-6(2)9(17)15-11(13)19/h4-6H,3H2,1-2H3,(H3,13,15,17,19)/t6-/m0/s1. The van der Waals surface area contributed by atoms with Gasteiger partial charge in [0.2, 0.25) is 5.91 Å². The summed E-state index contributed by atoms with van der Waals surface area (Å²) in [4.78, 5) is 39.1. The van der Waals surface area contributed by atoms with Gasteiger partial charge in [-0.3, -0.25) is 19.5 Å². The van der Waals surface area contributed by atoms with E-state index in [0.29, 0.717) is 21.9 Å². The van der Waals surface area contributed by atoms with Crippen LogP contribution in [0.3, 0.4) is 0 Å². The molecule has 9 heteroatoms. The fourth-order valence-corrected chi connectivity index (χ4v) is 3.48. The molecule has 3 amide bonds. The van der Waals surface area contributed by atoms with Crippen LogP contribution in [0.4, 0.5) is 4.79 Å². The minimum Gasteiger partial charge on any atom is -0.351 e. The van der Waals surface area contributed by atoms with Crippen molar-refractivity contribution in [2.45, 2.75) is 30.8 Å². The first kappa shape index (κ1) is 15.5. The number of thiophene rings is 1. The smallest absolute Gasteiger partial charge is 0.318 e. The molecule has 7 nitrogen and oxygen atoms in total. The molecule has 2 aromatic heterocycles. The minimum atomic E-state index is -0.901. The lowest BCUT2D eigenvalue weighted by atomic mass is 10.4. The highest BCUT2D eigenvalue weighted by Crippen LogP contribution is 2.24. The molecule has 0 bridgehead atoms. The van der Waals surface area contributed by atoms with Crippen molar-refractivity contribution in [3.8, 4) is 0 Å². The van der Waals surface area contributed by atoms with Crippen LogP contribution in [-0.2, 0) is 11.3 Å². The average molecular weight is 326 g/mol. The van der Waals surface area contributed by atoms with Crippen molar-refractivity contribution < 1.29 is 9.59 Å². The van der Waals surface area contributed by atoms with E-state index in [-0.39, 0.29) is 5.56 Å². The third-order valence-electron chi connectivity index (χ3n) is 2.74. The lowest BCUT2D eigenvalue weighted by Crippen LogP contribution is -2.39. The number of hydrogen-bond acceptors (Lipinski definition) is 6. The van der Waals surface area contributed by atoms with Crippen LogP contribution in [0.2, 0.25) is 0 Å². The number of nitrogens with zero attached hydrogens (tertiary/aromatic N) is 2. The van der Waals surface area contributed by atoms with Crippen LogP contribution < -0.4 is 16.6 Å². The largest absolute Gasteiger partial charge is 0.351 e. The zero-order valence-electron chi connectivity index (χ0n) is 11.5. The van der Waals surface area contributed by atoms with Gasteiger partial charge in [-0.25, -0.2) is 9.78 Å². The van der Waals surface area contributed by atoms with Gasteiger partial charge in [0.15, 0.2) is 5.16 Å². The molecule has 0 radical (unpaired) electrons. The number of nitrogens with two attached hydrogens (primary N) is 1. The van der Waals surface area contributed by atoms with Crippen LogP contribution in [0.25, 0.3) is 10.2 Å². The number of carbonyl (C=O) groups excluding carboxylic acids is 2. The molecule has 0 saturated heterocycles. The predicted molar refractivity (Wildman–Crippen MR) is 82.6 cm³/mol. The number of imide groups is 1. The van der Waals surface area contributed by atoms with Crippen LogP contribution in [-0.4, -0.2) is 26.7 Å². The summed E-state index contributed by atoms with van der Waals surface area (Å²) >= 11 is 2.45. The van der Waals surface area contributed by atoms with Crippen molar-refractivity contribution in [3.63, 3.8) is 0 Å². The second-order valence-electron chi connectivity index (χ2n) is 4.19. The number of aromatic nitrogens is 2. The second kappa shape index (κ2) is 6.27. The monoisotopic (exact) mass is 326 g/mol. The molecule has 0 aliphatic rings. The van der Waals surface area contributed by atoms with Crippen LogP contribution in [0.1, 0.15) is 13.8 Å². The van der Waals surface area contributed by atoms with Gasteiger partial charge in [-0.2, -0.15) is 0 Å². The van der Waals surface area contributed by atoms with E-state index in [1.807, 2.05) is 12.2 Å². The molecule has 1 atom stereocenters. The molecule has 2 rings (SSSR count). The van der Waals surface area contributed by atoms with Crippen molar-refractivity contribution >= 4 is 45.3 Å². The maximum atomic E-state index is 12.3. The Hall–Kier alpha value is -1.87. The molecule has 3 N–H and O–H groups in total. The van der Waals surface area contributed by atoms with Gasteiger partial charge in [-0.15, -0.1) is 11.3 Å². The Kier molecular flexibility index (Phi) is 4.63. The number of nitrogens with one attached hydrogen (secondary N) is 1. The van der Waals surface area contributed by atoms with Crippen molar-refractivity contribution in [1.82, 2.24) is 14.9 Å². The molecule has 112 valence electrons. The normalized spacial score (nSPS) is 12.3. The summed E-state index contributed by atoms with van der Waals surface area (Å²) in [7, 11) is 0. The Morgan fingerprint density at radius 1 is 1.57 bits per heavy atom. The molecule has 21 heavy (non-hydrogen) atoms. The highest BCUT2D eigenvalue weighted by molar-refractivity contribution is 8.00. The van der Waals surface area contributed by atoms with Crippen molar-refractivity contribution in [3.05, 3.63) is 21.8 Å². The van der Waals surface area contributed by atoms with Gasteiger partial charge in [-0.05, 0) is 25.3 Å². The minimum absolute atomic E-state index is 0.123. The van der Waals surface area contributed by atoms with Crippen LogP contribution in [0.5, 0.6) is 0 Å². The Morgan fingerprint density at radius 3 is 2.90 bits per heavy atom. The van der Waals surface area contributed by atoms with E-state index in [9.17, 15) is 14.4 Å². The number of amides is 3. The summed E-state index contributed by atoms with van der Waals surface area (Å²) in [5.74, 6) is -0.519. The molecule has 0 aliphatic heterocycles. The van der Waals surface area contributed by atoms with Gasteiger partial charge in [-0.1, -0.05) is 11.8 Å². The van der Waals surface area contributed by atoms with E-state index >= 15 is 0 Å². The fourth-order valence-electron chi connectivity index (χ4n) is 1.73. The number of urea groups is 1. The molecule has 2 aromatic rings.